The average Bonchev–Trinajstić information content (AvgIpc) is 2.36. The van der Waals surface area contributed by atoms with Gasteiger partial charge in [0.2, 0.25) is 0 Å². The number of hydrogen-bond acceptors (Lipinski definition) is 3. The van der Waals surface area contributed by atoms with Crippen molar-refractivity contribution >= 4 is 28.6 Å². The molecule has 0 aromatic heterocycles. The normalized spacial score (nSPS) is 12.3. The van der Waals surface area contributed by atoms with Gasteiger partial charge < -0.3 is 9.47 Å². The van der Waals surface area contributed by atoms with Crippen molar-refractivity contribution in [2.75, 3.05) is 6.61 Å². The maximum Gasteiger partial charge on any atom is 0.347 e. The van der Waals surface area contributed by atoms with Crippen molar-refractivity contribution in [3.05, 3.63) is 29.8 Å². The van der Waals surface area contributed by atoms with Gasteiger partial charge in [-0.2, -0.15) is 0 Å². The van der Waals surface area contributed by atoms with E-state index in [0.29, 0.717) is 18.3 Å². The summed E-state index contributed by atoms with van der Waals surface area (Å²) in [6.07, 6.45) is -0.576. The topological polar surface area (TPSA) is 35.5 Å². The van der Waals surface area contributed by atoms with Crippen molar-refractivity contribution in [1.82, 2.24) is 0 Å². The van der Waals surface area contributed by atoms with Crippen LogP contribution in [0.5, 0.6) is 5.75 Å². The fraction of sp³-hybridized carbons (Fsp3) is 0.500. The van der Waals surface area contributed by atoms with Crippen LogP contribution in [-0.2, 0) is 14.0 Å². The molecular weight excluding hydrogens is 343 g/mol. The number of ether oxygens (including phenoxy) is 2. The Labute approximate surface area is 122 Å². The second-order valence-corrected chi connectivity index (χ2v) is 5.33. The summed E-state index contributed by atoms with van der Waals surface area (Å²) >= 11 is 2.29. The first-order valence-corrected chi connectivity index (χ1v) is 7.53. The number of esters is 1. The molecule has 0 amide bonds. The van der Waals surface area contributed by atoms with E-state index < -0.39 is 6.10 Å². The molecule has 100 valence electrons. The first-order valence-electron chi connectivity index (χ1n) is 6.01. The molecule has 1 rings (SSSR count). The molecule has 0 aliphatic rings. The largest absolute Gasteiger partial charge is 0.479 e. The van der Waals surface area contributed by atoms with Crippen LogP contribution in [0, 0.1) is 5.92 Å². The number of halogens is 1. The van der Waals surface area contributed by atoms with Crippen LogP contribution >= 0.6 is 22.6 Å². The van der Waals surface area contributed by atoms with Crippen molar-refractivity contribution in [3.8, 4) is 5.75 Å². The maximum absolute atomic E-state index is 11.7. The Hall–Kier alpha value is -0.780. The molecule has 1 atom stereocenters. The summed E-state index contributed by atoms with van der Waals surface area (Å²) in [5.41, 5.74) is 1.18. The van der Waals surface area contributed by atoms with Crippen molar-refractivity contribution in [1.29, 1.82) is 0 Å². The molecule has 1 aromatic carbocycles. The SMILES string of the molecule is CC(C)COC(=O)[C@H](C)Oc1cccc(CI)c1. The standard InChI is InChI=1S/C14H19IO3/c1-10(2)9-17-14(16)11(3)18-13-6-4-5-12(7-13)8-15/h4-7,10-11H,8-9H2,1-3H3/t11-/m0/s1. The third-order valence-electron chi connectivity index (χ3n) is 2.26. The third-order valence-corrected chi connectivity index (χ3v) is 3.14. The Morgan fingerprint density at radius 1 is 1.33 bits per heavy atom. The molecule has 1 aromatic rings. The fourth-order valence-corrected chi connectivity index (χ4v) is 1.79. The second kappa shape index (κ2) is 7.61. The monoisotopic (exact) mass is 362 g/mol. The van der Waals surface area contributed by atoms with Gasteiger partial charge in [-0.15, -0.1) is 0 Å². The van der Waals surface area contributed by atoms with Crippen LogP contribution < -0.4 is 4.74 Å². The quantitative estimate of drug-likeness (QED) is 0.441. The summed E-state index contributed by atoms with van der Waals surface area (Å²) in [6, 6.07) is 7.75. The van der Waals surface area contributed by atoms with E-state index in [1.165, 1.54) is 5.56 Å². The lowest BCUT2D eigenvalue weighted by Crippen LogP contribution is -2.27. The number of hydrogen-bond donors (Lipinski definition) is 0. The molecule has 0 unspecified atom stereocenters. The molecule has 0 bridgehead atoms. The van der Waals surface area contributed by atoms with E-state index in [1.807, 2.05) is 38.1 Å². The van der Waals surface area contributed by atoms with E-state index in [2.05, 4.69) is 22.6 Å². The van der Waals surface area contributed by atoms with Crippen LogP contribution in [0.4, 0.5) is 0 Å². The van der Waals surface area contributed by atoms with Crippen LogP contribution in [0.1, 0.15) is 26.3 Å². The summed E-state index contributed by atoms with van der Waals surface area (Å²) in [7, 11) is 0. The van der Waals surface area contributed by atoms with Crippen molar-refractivity contribution in [2.24, 2.45) is 5.92 Å². The van der Waals surface area contributed by atoms with E-state index >= 15 is 0 Å². The van der Waals surface area contributed by atoms with Gasteiger partial charge in [0.15, 0.2) is 6.10 Å². The van der Waals surface area contributed by atoms with Gasteiger partial charge in [-0.25, -0.2) is 4.79 Å². The summed E-state index contributed by atoms with van der Waals surface area (Å²) in [6.45, 7) is 6.14. The highest BCUT2D eigenvalue weighted by Gasteiger charge is 2.16. The minimum absolute atomic E-state index is 0.316. The first kappa shape index (κ1) is 15.3. The lowest BCUT2D eigenvalue weighted by atomic mass is 10.2. The van der Waals surface area contributed by atoms with E-state index in [4.69, 9.17) is 9.47 Å². The lowest BCUT2D eigenvalue weighted by Gasteiger charge is -2.15. The van der Waals surface area contributed by atoms with Gasteiger partial charge in [0.25, 0.3) is 0 Å². The van der Waals surface area contributed by atoms with E-state index in [0.717, 1.165) is 4.43 Å². The summed E-state index contributed by atoms with van der Waals surface area (Å²) in [5.74, 6) is 0.727. The smallest absolute Gasteiger partial charge is 0.347 e. The Kier molecular flexibility index (Phi) is 6.46. The van der Waals surface area contributed by atoms with Gasteiger partial charge in [0.1, 0.15) is 5.75 Å². The van der Waals surface area contributed by atoms with E-state index in [9.17, 15) is 4.79 Å². The van der Waals surface area contributed by atoms with Gasteiger partial charge in [-0.3, -0.25) is 0 Å². The zero-order valence-electron chi connectivity index (χ0n) is 11.0. The van der Waals surface area contributed by atoms with Gasteiger partial charge in [-0.05, 0) is 30.5 Å². The highest BCUT2D eigenvalue weighted by molar-refractivity contribution is 14.1. The van der Waals surface area contributed by atoms with Crippen LogP contribution in [0.2, 0.25) is 0 Å². The predicted octanol–water partition coefficient (Wildman–Crippen LogP) is 3.59. The summed E-state index contributed by atoms with van der Waals surface area (Å²) in [4.78, 5) is 11.7. The molecule has 0 heterocycles. The van der Waals surface area contributed by atoms with E-state index in [-0.39, 0.29) is 5.97 Å². The minimum Gasteiger partial charge on any atom is -0.479 e. The number of rotatable bonds is 6. The Morgan fingerprint density at radius 3 is 2.67 bits per heavy atom. The van der Waals surface area contributed by atoms with Gasteiger partial charge in [-0.1, -0.05) is 48.6 Å². The predicted molar refractivity (Wildman–Crippen MR) is 80.1 cm³/mol. The first-order chi connectivity index (χ1) is 8.52. The molecule has 0 aliphatic carbocycles. The second-order valence-electron chi connectivity index (χ2n) is 4.57. The molecule has 0 spiro atoms. The zero-order chi connectivity index (χ0) is 13.5. The number of alkyl halides is 1. The van der Waals surface area contributed by atoms with Crippen LogP contribution in [0.25, 0.3) is 0 Å². The van der Waals surface area contributed by atoms with Gasteiger partial charge in [0.05, 0.1) is 6.61 Å². The Balaban J connectivity index is 2.52. The van der Waals surface area contributed by atoms with E-state index in [1.54, 1.807) is 6.92 Å². The lowest BCUT2D eigenvalue weighted by molar-refractivity contribution is -0.152. The number of benzene rings is 1. The fourth-order valence-electron chi connectivity index (χ4n) is 1.32. The molecule has 0 saturated carbocycles. The molecule has 3 nitrogen and oxygen atoms in total. The van der Waals surface area contributed by atoms with Crippen LogP contribution in [0.3, 0.4) is 0 Å². The number of carbonyl (C=O) groups excluding carboxylic acids is 1. The van der Waals surface area contributed by atoms with Crippen LogP contribution in [-0.4, -0.2) is 18.7 Å². The summed E-state index contributed by atoms with van der Waals surface area (Å²) in [5, 5.41) is 0. The molecule has 0 N–H and O–H groups in total. The molecule has 0 fully saturated rings. The Bertz CT molecular complexity index is 390. The zero-order valence-corrected chi connectivity index (χ0v) is 13.1. The molecule has 18 heavy (non-hydrogen) atoms. The highest BCUT2D eigenvalue weighted by atomic mass is 127. The number of carbonyl (C=O) groups is 1. The van der Waals surface area contributed by atoms with Gasteiger partial charge in [0, 0.05) is 4.43 Å². The molecule has 0 radical (unpaired) electrons. The van der Waals surface area contributed by atoms with Crippen molar-refractivity contribution in [2.45, 2.75) is 31.3 Å². The third kappa shape index (κ3) is 5.25. The average molecular weight is 362 g/mol. The molecule has 0 saturated heterocycles. The molecule has 4 heteroatoms. The molecular formula is C14H19IO3. The molecule has 0 aliphatic heterocycles. The highest BCUT2D eigenvalue weighted by Crippen LogP contribution is 2.17. The van der Waals surface area contributed by atoms with Crippen LogP contribution in [0.15, 0.2) is 24.3 Å². The van der Waals surface area contributed by atoms with Gasteiger partial charge >= 0.3 is 5.97 Å². The summed E-state index contributed by atoms with van der Waals surface area (Å²) < 4.78 is 11.6. The van der Waals surface area contributed by atoms with Crippen molar-refractivity contribution < 1.29 is 14.3 Å². The Morgan fingerprint density at radius 2 is 2.06 bits per heavy atom. The maximum atomic E-state index is 11.7. The minimum atomic E-state index is -0.576. The van der Waals surface area contributed by atoms with Crippen molar-refractivity contribution in [3.63, 3.8) is 0 Å².